The zero-order valence-corrected chi connectivity index (χ0v) is 14.1. The second-order valence-electron chi connectivity index (χ2n) is 6.45. The molecule has 0 saturated heterocycles. The van der Waals surface area contributed by atoms with Crippen molar-refractivity contribution in [3.8, 4) is 0 Å². The highest BCUT2D eigenvalue weighted by molar-refractivity contribution is 6.31. The van der Waals surface area contributed by atoms with Crippen LogP contribution < -0.4 is 10.6 Å². The van der Waals surface area contributed by atoms with Crippen LogP contribution in [0.1, 0.15) is 45.1 Å². The van der Waals surface area contributed by atoms with E-state index in [-0.39, 0.29) is 17.9 Å². The molecule has 0 unspecified atom stereocenters. The number of rotatable bonds is 4. The lowest BCUT2D eigenvalue weighted by molar-refractivity contribution is -0.138. The predicted molar refractivity (Wildman–Crippen MR) is 89.0 cm³/mol. The smallest absolute Gasteiger partial charge is 0.239 e. The summed E-state index contributed by atoms with van der Waals surface area (Å²) in [5, 5.41) is 6.39. The maximum absolute atomic E-state index is 12.5. The summed E-state index contributed by atoms with van der Waals surface area (Å²) < 4.78 is 0. The molecule has 0 radical (unpaired) electrons. The quantitative estimate of drug-likeness (QED) is 0.831. The van der Waals surface area contributed by atoms with Crippen molar-refractivity contribution < 1.29 is 9.59 Å². The summed E-state index contributed by atoms with van der Waals surface area (Å²) in [4.78, 5) is 24.9. The van der Waals surface area contributed by atoms with Crippen molar-refractivity contribution in [2.45, 2.75) is 52.5 Å². The largest absolute Gasteiger partial charge is 0.352 e. The van der Waals surface area contributed by atoms with E-state index < -0.39 is 5.41 Å². The molecule has 2 amide bonds. The average molecular weight is 323 g/mol. The van der Waals surface area contributed by atoms with Gasteiger partial charge in [-0.25, -0.2) is 0 Å². The molecule has 1 fully saturated rings. The molecule has 0 bridgehead atoms. The van der Waals surface area contributed by atoms with E-state index in [1.54, 1.807) is 32.0 Å². The van der Waals surface area contributed by atoms with Gasteiger partial charge in [0.1, 0.15) is 5.41 Å². The molecular formula is C17H23ClN2O2. The SMILES string of the molecule is Cc1c(Cl)cccc1NC(=O)C(C)(C)C(=O)NC1CCCC1. The Morgan fingerprint density at radius 2 is 1.82 bits per heavy atom. The zero-order chi connectivity index (χ0) is 16.3. The lowest BCUT2D eigenvalue weighted by atomic mass is 9.90. The number of hydrogen-bond donors (Lipinski definition) is 2. The van der Waals surface area contributed by atoms with Gasteiger partial charge in [0.2, 0.25) is 11.8 Å². The van der Waals surface area contributed by atoms with Gasteiger partial charge < -0.3 is 10.6 Å². The van der Waals surface area contributed by atoms with Crippen LogP contribution in [-0.4, -0.2) is 17.9 Å². The van der Waals surface area contributed by atoms with Crippen molar-refractivity contribution >= 4 is 29.1 Å². The molecule has 0 aliphatic heterocycles. The monoisotopic (exact) mass is 322 g/mol. The molecule has 0 spiro atoms. The van der Waals surface area contributed by atoms with E-state index in [1.165, 1.54) is 0 Å². The van der Waals surface area contributed by atoms with Crippen LogP contribution >= 0.6 is 11.6 Å². The molecule has 1 aromatic rings. The van der Waals surface area contributed by atoms with Crippen molar-refractivity contribution in [2.24, 2.45) is 5.41 Å². The fraction of sp³-hybridized carbons (Fsp3) is 0.529. The van der Waals surface area contributed by atoms with Crippen LogP contribution in [0.15, 0.2) is 18.2 Å². The molecule has 1 aromatic carbocycles. The summed E-state index contributed by atoms with van der Waals surface area (Å²) in [6, 6.07) is 5.53. The Hall–Kier alpha value is -1.55. The first-order chi connectivity index (χ1) is 10.3. The molecule has 120 valence electrons. The molecule has 0 atom stereocenters. The second kappa shape index (κ2) is 6.69. The molecule has 0 heterocycles. The minimum Gasteiger partial charge on any atom is -0.352 e. The number of benzene rings is 1. The Kier molecular flexibility index (Phi) is 5.12. The topological polar surface area (TPSA) is 58.2 Å². The number of nitrogens with one attached hydrogen (secondary N) is 2. The minimum atomic E-state index is -1.13. The Bertz CT molecular complexity index is 578. The first kappa shape index (κ1) is 16.8. The van der Waals surface area contributed by atoms with Crippen LogP contribution in [0.25, 0.3) is 0 Å². The van der Waals surface area contributed by atoms with Crippen molar-refractivity contribution in [2.75, 3.05) is 5.32 Å². The van der Waals surface area contributed by atoms with Gasteiger partial charge in [-0.05, 0) is 51.3 Å². The van der Waals surface area contributed by atoms with Crippen LogP contribution in [0.3, 0.4) is 0 Å². The number of hydrogen-bond acceptors (Lipinski definition) is 2. The van der Waals surface area contributed by atoms with E-state index in [0.29, 0.717) is 10.7 Å². The number of carbonyl (C=O) groups excluding carboxylic acids is 2. The number of anilines is 1. The number of halogens is 1. The van der Waals surface area contributed by atoms with E-state index in [9.17, 15) is 9.59 Å². The Balaban J connectivity index is 2.05. The van der Waals surface area contributed by atoms with Gasteiger partial charge >= 0.3 is 0 Å². The van der Waals surface area contributed by atoms with E-state index in [4.69, 9.17) is 11.6 Å². The molecule has 2 N–H and O–H groups in total. The van der Waals surface area contributed by atoms with Gasteiger partial charge in [-0.1, -0.05) is 30.5 Å². The maximum Gasteiger partial charge on any atom is 0.239 e. The minimum absolute atomic E-state index is 0.201. The summed E-state index contributed by atoms with van der Waals surface area (Å²) in [6.45, 7) is 5.13. The highest BCUT2D eigenvalue weighted by atomic mass is 35.5. The normalized spacial score (nSPS) is 15.6. The summed E-state index contributed by atoms with van der Waals surface area (Å²) >= 11 is 6.06. The Morgan fingerprint density at radius 1 is 1.18 bits per heavy atom. The Labute approximate surface area is 136 Å². The van der Waals surface area contributed by atoms with E-state index in [2.05, 4.69) is 10.6 Å². The van der Waals surface area contributed by atoms with Gasteiger partial charge in [0, 0.05) is 16.8 Å². The first-order valence-corrected chi connectivity index (χ1v) is 8.07. The maximum atomic E-state index is 12.5. The number of amides is 2. The molecule has 1 aliphatic rings. The van der Waals surface area contributed by atoms with Crippen molar-refractivity contribution in [1.29, 1.82) is 0 Å². The van der Waals surface area contributed by atoms with Crippen LogP contribution in [0.5, 0.6) is 0 Å². The highest BCUT2D eigenvalue weighted by Crippen LogP contribution is 2.26. The average Bonchev–Trinajstić information content (AvgIpc) is 2.96. The van der Waals surface area contributed by atoms with Gasteiger partial charge in [0.05, 0.1) is 0 Å². The summed E-state index contributed by atoms with van der Waals surface area (Å²) in [7, 11) is 0. The van der Waals surface area contributed by atoms with Gasteiger partial charge in [0.25, 0.3) is 0 Å². The van der Waals surface area contributed by atoms with Gasteiger partial charge in [-0.3, -0.25) is 9.59 Å². The van der Waals surface area contributed by atoms with E-state index in [1.807, 2.05) is 6.92 Å². The molecular weight excluding hydrogens is 300 g/mol. The Morgan fingerprint density at radius 3 is 2.45 bits per heavy atom. The molecule has 2 rings (SSSR count). The van der Waals surface area contributed by atoms with Crippen LogP contribution in [0.4, 0.5) is 5.69 Å². The van der Waals surface area contributed by atoms with Crippen molar-refractivity contribution in [1.82, 2.24) is 5.32 Å². The molecule has 1 aliphatic carbocycles. The van der Waals surface area contributed by atoms with Crippen molar-refractivity contribution in [3.63, 3.8) is 0 Å². The van der Waals surface area contributed by atoms with Crippen molar-refractivity contribution in [3.05, 3.63) is 28.8 Å². The molecule has 4 nitrogen and oxygen atoms in total. The fourth-order valence-corrected chi connectivity index (χ4v) is 2.74. The highest BCUT2D eigenvalue weighted by Gasteiger charge is 2.37. The predicted octanol–water partition coefficient (Wildman–Crippen LogP) is 3.67. The van der Waals surface area contributed by atoms with Gasteiger partial charge in [0.15, 0.2) is 0 Å². The zero-order valence-electron chi connectivity index (χ0n) is 13.3. The third kappa shape index (κ3) is 3.61. The summed E-state index contributed by atoms with van der Waals surface area (Å²) in [5.41, 5.74) is 0.306. The molecule has 0 aromatic heterocycles. The second-order valence-corrected chi connectivity index (χ2v) is 6.85. The molecule has 22 heavy (non-hydrogen) atoms. The third-order valence-corrected chi connectivity index (χ3v) is 4.75. The van der Waals surface area contributed by atoms with Gasteiger partial charge in [-0.2, -0.15) is 0 Å². The number of carbonyl (C=O) groups is 2. The van der Waals surface area contributed by atoms with E-state index >= 15 is 0 Å². The first-order valence-electron chi connectivity index (χ1n) is 7.70. The van der Waals surface area contributed by atoms with E-state index in [0.717, 1.165) is 31.2 Å². The van der Waals surface area contributed by atoms with Crippen LogP contribution in [-0.2, 0) is 9.59 Å². The third-order valence-electron chi connectivity index (χ3n) is 4.34. The van der Waals surface area contributed by atoms with Crippen LogP contribution in [0.2, 0.25) is 5.02 Å². The summed E-state index contributed by atoms with van der Waals surface area (Å²) in [5.74, 6) is -0.551. The van der Waals surface area contributed by atoms with Crippen LogP contribution in [0, 0.1) is 12.3 Å². The molecule has 5 heteroatoms. The molecule has 1 saturated carbocycles. The summed E-state index contributed by atoms with van der Waals surface area (Å²) in [6.07, 6.45) is 4.27. The lowest BCUT2D eigenvalue weighted by Gasteiger charge is -2.25. The standard InChI is InChI=1S/C17H23ClN2O2/c1-11-13(18)9-6-10-14(11)20-16(22)17(2,3)15(21)19-12-7-4-5-8-12/h6,9-10,12H,4-5,7-8H2,1-3H3,(H,19,21)(H,20,22). The lowest BCUT2D eigenvalue weighted by Crippen LogP contribution is -2.48. The fourth-order valence-electron chi connectivity index (χ4n) is 2.56. The van der Waals surface area contributed by atoms with Gasteiger partial charge in [-0.15, -0.1) is 0 Å².